The van der Waals surface area contributed by atoms with Gasteiger partial charge in [0.05, 0.1) is 4.90 Å². The summed E-state index contributed by atoms with van der Waals surface area (Å²) >= 11 is 3.13. The molecule has 3 nitrogen and oxygen atoms in total. The maximum Gasteiger partial charge on any atom is 0.244 e. The number of hydrogen-bond donors (Lipinski definition) is 0. The van der Waals surface area contributed by atoms with Gasteiger partial charge in [0.2, 0.25) is 10.0 Å². The van der Waals surface area contributed by atoms with Gasteiger partial charge in [0, 0.05) is 17.1 Å². The molecule has 0 aliphatic heterocycles. The van der Waals surface area contributed by atoms with Crippen molar-refractivity contribution in [2.45, 2.75) is 37.1 Å². The van der Waals surface area contributed by atoms with Gasteiger partial charge in [-0.15, -0.1) is 0 Å². The molecule has 0 bridgehead atoms. The van der Waals surface area contributed by atoms with Crippen LogP contribution in [0.2, 0.25) is 0 Å². The Morgan fingerprint density at radius 3 is 2.61 bits per heavy atom. The Labute approximate surface area is 115 Å². The fraction of sp³-hybridized carbons (Fsp3) is 0.500. The van der Waals surface area contributed by atoms with Crippen LogP contribution in [0.1, 0.15) is 26.2 Å². The summed E-state index contributed by atoms with van der Waals surface area (Å²) in [4.78, 5) is 0.143. The van der Waals surface area contributed by atoms with E-state index in [-0.39, 0.29) is 15.4 Å². The quantitative estimate of drug-likeness (QED) is 0.828. The van der Waals surface area contributed by atoms with Gasteiger partial charge in [0.15, 0.2) is 0 Å². The van der Waals surface area contributed by atoms with Crippen LogP contribution in [0.3, 0.4) is 0 Å². The summed E-state index contributed by atoms with van der Waals surface area (Å²) in [6, 6.07) is 3.80. The van der Waals surface area contributed by atoms with E-state index in [1.807, 2.05) is 6.92 Å². The lowest BCUT2D eigenvalue weighted by atomic mass is 10.3. The fourth-order valence-electron chi connectivity index (χ4n) is 1.89. The van der Waals surface area contributed by atoms with Gasteiger partial charge < -0.3 is 0 Å². The second kappa shape index (κ2) is 5.27. The van der Waals surface area contributed by atoms with Crippen molar-refractivity contribution < 1.29 is 12.8 Å². The summed E-state index contributed by atoms with van der Waals surface area (Å²) in [5.74, 6) is -0.450. The third kappa shape index (κ3) is 2.75. The molecule has 100 valence electrons. The normalized spacial score (nSPS) is 16.2. The number of rotatable bonds is 5. The van der Waals surface area contributed by atoms with E-state index < -0.39 is 15.8 Å². The van der Waals surface area contributed by atoms with Crippen molar-refractivity contribution in [1.82, 2.24) is 4.31 Å². The molecule has 6 heteroatoms. The van der Waals surface area contributed by atoms with E-state index in [1.165, 1.54) is 22.5 Å². The van der Waals surface area contributed by atoms with Crippen LogP contribution in [-0.4, -0.2) is 25.3 Å². The Hall–Kier alpha value is -0.460. The maximum absolute atomic E-state index is 13.0. The van der Waals surface area contributed by atoms with Gasteiger partial charge in [0.1, 0.15) is 5.82 Å². The smallest absolute Gasteiger partial charge is 0.207 e. The van der Waals surface area contributed by atoms with Crippen LogP contribution in [0.15, 0.2) is 27.6 Å². The van der Waals surface area contributed by atoms with E-state index in [2.05, 4.69) is 15.9 Å². The molecule has 0 atom stereocenters. The largest absolute Gasteiger partial charge is 0.244 e. The van der Waals surface area contributed by atoms with Gasteiger partial charge in [0.25, 0.3) is 0 Å². The molecule has 1 aliphatic rings. The highest BCUT2D eigenvalue weighted by Gasteiger charge is 2.38. The van der Waals surface area contributed by atoms with E-state index in [9.17, 15) is 12.8 Å². The molecule has 1 aromatic carbocycles. The van der Waals surface area contributed by atoms with Crippen LogP contribution in [0, 0.1) is 5.82 Å². The molecule has 1 fully saturated rings. The highest BCUT2D eigenvalue weighted by atomic mass is 79.9. The molecular weight excluding hydrogens is 321 g/mol. The Kier molecular flexibility index (Phi) is 4.08. The SMILES string of the molecule is CCCN(C1CC1)S(=O)(=O)c1ccc(F)cc1Br. The van der Waals surface area contributed by atoms with Gasteiger partial charge in [-0.3, -0.25) is 0 Å². The van der Waals surface area contributed by atoms with Crippen molar-refractivity contribution in [3.05, 3.63) is 28.5 Å². The topological polar surface area (TPSA) is 37.4 Å². The van der Waals surface area contributed by atoms with Crippen molar-refractivity contribution in [2.24, 2.45) is 0 Å². The lowest BCUT2D eigenvalue weighted by Gasteiger charge is -2.21. The standard InChI is InChI=1S/C12H15BrFNO2S/c1-2-7-15(10-4-5-10)18(16,17)12-6-3-9(14)8-11(12)13/h3,6,8,10H,2,4-5,7H2,1H3. The fourth-order valence-corrected chi connectivity index (χ4v) is 4.68. The van der Waals surface area contributed by atoms with E-state index >= 15 is 0 Å². The second-order valence-electron chi connectivity index (χ2n) is 4.42. The first-order chi connectivity index (χ1) is 8.46. The second-order valence-corrected chi connectivity index (χ2v) is 7.13. The predicted molar refractivity (Wildman–Crippen MR) is 71.3 cm³/mol. The van der Waals surface area contributed by atoms with E-state index in [4.69, 9.17) is 0 Å². The number of hydrogen-bond acceptors (Lipinski definition) is 2. The first-order valence-corrected chi connectivity index (χ1v) is 8.17. The van der Waals surface area contributed by atoms with Gasteiger partial charge in [-0.05, 0) is 53.4 Å². The molecule has 1 aliphatic carbocycles. The molecule has 0 radical (unpaired) electrons. The van der Waals surface area contributed by atoms with E-state index in [0.29, 0.717) is 6.54 Å². The van der Waals surface area contributed by atoms with E-state index in [1.54, 1.807) is 0 Å². The monoisotopic (exact) mass is 335 g/mol. The molecule has 0 heterocycles. The number of benzene rings is 1. The third-order valence-corrected chi connectivity index (χ3v) is 5.81. The van der Waals surface area contributed by atoms with Crippen molar-refractivity contribution >= 4 is 26.0 Å². The molecule has 0 spiro atoms. The number of halogens is 2. The summed E-state index contributed by atoms with van der Waals surface area (Å²) in [6.07, 6.45) is 2.60. The Morgan fingerprint density at radius 2 is 2.11 bits per heavy atom. The Morgan fingerprint density at radius 1 is 1.44 bits per heavy atom. The Balaban J connectivity index is 2.39. The first-order valence-electron chi connectivity index (χ1n) is 5.93. The van der Waals surface area contributed by atoms with Crippen molar-refractivity contribution in [3.63, 3.8) is 0 Å². The van der Waals surface area contributed by atoms with Gasteiger partial charge >= 0.3 is 0 Å². The lowest BCUT2D eigenvalue weighted by molar-refractivity contribution is 0.403. The molecule has 1 aromatic rings. The van der Waals surface area contributed by atoms with E-state index in [0.717, 1.165) is 19.3 Å². The van der Waals surface area contributed by atoms with Crippen molar-refractivity contribution in [3.8, 4) is 0 Å². The summed E-state index contributed by atoms with van der Waals surface area (Å²) in [6.45, 7) is 2.46. The molecular formula is C12H15BrFNO2S. The summed E-state index contributed by atoms with van der Waals surface area (Å²) in [5.41, 5.74) is 0. The molecule has 0 N–H and O–H groups in total. The van der Waals surface area contributed by atoms with Crippen LogP contribution in [0.5, 0.6) is 0 Å². The number of sulfonamides is 1. The lowest BCUT2D eigenvalue weighted by Crippen LogP contribution is -2.34. The van der Waals surface area contributed by atoms with Crippen LogP contribution in [-0.2, 0) is 10.0 Å². The summed E-state index contributed by atoms with van der Waals surface area (Å²) in [5, 5.41) is 0. The minimum atomic E-state index is -3.53. The minimum Gasteiger partial charge on any atom is -0.207 e. The molecule has 2 rings (SSSR count). The highest BCUT2D eigenvalue weighted by molar-refractivity contribution is 9.10. The zero-order chi connectivity index (χ0) is 13.3. The predicted octanol–water partition coefficient (Wildman–Crippen LogP) is 3.15. The zero-order valence-electron chi connectivity index (χ0n) is 10.1. The highest BCUT2D eigenvalue weighted by Crippen LogP contribution is 2.34. The van der Waals surface area contributed by atoms with Crippen LogP contribution in [0.4, 0.5) is 4.39 Å². The van der Waals surface area contributed by atoms with Gasteiger partial charge in [-0.1, -0.05) is 6.92 Å². The molecule has 18 heavy (non-hydrogen) atoms. The molecule has 0 saturated heterocycles. The van der Waals surface area contributed by atoms with Gasteiger partial charge in [-0.25, -0.2) is 12.8 Å². The van der Waals surface area contributed by atoms with Crippen molar-refractivity contribution in [2.75, 3.05) is 6.54 Å². The Bertz CT molecular complexity index is 543. The molecule has 0 amide bonds. The maximum atomic E-state index is 13.0. The third-order valence-electron chi connectivity index (χ3n) is 2.88. The summed E-state index contributed by atoms with van der Waals surface area (Å²) < 4.78 is 39.9. The molecule has 0 aromatic heterocycles. The van der Waals surface area contributed by atoms with Crippen LogP contribution in [0.25, 0.3) is 0 Å². The zero-order valence-corrected chi connectivity index (χ0v) is 12.5. The molecule has 0 unspecified atom stereocenters. The summed E-state index contributed by atoms with van der Waals surface area (Å²) in [7, 11) is -3.53. The first kappa shape index (κ1) is 14.0. The molecule has 1 saturated carbocycles. The van der Waals surface area contributed by atoms with Crippen molar-refractivity contribution in [1.29, 1.82) is 0 Å². The van der Waals surface area contributed by atoms with Crippen LogP contribution < -0.4 is 0 Å². The minimum absolute atomic E-state index is 0.118. The number of nitrogens with zero attached hydrogens (tertiary/aromatic N) is 1. The van der Waals surface area contributed by atoms with Crippen LogP contribution >= 0.6 is 15.9 Å². The average Bonchev–Trinajstić information content (AvgIpc) is 3.08. The average molecular weight is 336 g/mol. The van der Waals surface area contributed by atoms with Gasteiger partial charge in [-0.2, -0.15) is 4.31 Å².